The lowest BCUT2D eigenvalue weighted by Crippen LogP contribution is -2.35. The molecule has 0 bridgehead atoms. The zero-order chi connectivity index (χ0) is 26.4. The quantitative estimate of drug-likeness (QED) is 0.0857. The summed E-state index contributed by atoms with van der Waals surface area (Å²) in [5.74, 6) is 0. The fourth-order valence-electron chi connectivity index (χ4n) is 4.68. The molecule has 1 aliphatic heterocycles. The average molecular weight is 544 g/mol. The molecular formula is C34H27N2OS2+. The first-order chi connectivity index (χ1) is 19.3. The van der Waals surface area contributed by atoms with Gasteiger partial charge in [0.15, 0.2) is 6.54 Å². The summed E-state index contributed by atoms with van der Waals surface area (Å²) in [4.78, 5) is 15.6. The van der Waals surface area contributed by atoms with Gasteiger partial charge in [0.05, 0.1) is 10.7 Å². The van der Waals surface area contributed by atoms with Crippen molar-refractivity contribution in [3.05, 3.63) is 154 Å². The standard InChI is InChI=1S/C34H27N2OS2/c37-25-28(19-21-33-35(23-26-11-3-1-4-12-26)29-15-7-9-17-31(29)38-33)20-22-34-36(24-27-13-5-2-6-14-27)30-16-8-10-18-32(30)39-34/h1-22,25H,23-24H2/q+1. The Morgan fingerprint density at radius 2 is 1.49 bits per heavy atom. The van der Waals surface area contributed by atoms with Crippen molar-refractivity contribution < 1.29 is 9.36 Å². The molecule has 2 heterocycles. The van der Waals surface area contributed by atoms with Gasteiger partial charge in [0, 0.05) is 34.7 Å². The topological polar surface area (TPSA) is 24.2 Å². The number of fused-ring (bicyclic) bond motifs is 2. The van der Waals surface area contributed by atoms with Crippen LogP contribution in [0.2, 0.25) is 0 Å². The number of allylic oxidation sites excluding steroid dienone is 4. The summed E-state index contributed by atoms with van der Waals surface area (Å²) in [6.45, 7) is 1.55. The van der Waals surface area contributed by atoms with Crippen LogP contribution in [0.1, 0.15) is 16.1 Å². The number of rotatable bonds is 8. The number of aldehydes is 1. The van der Waals surface area contributed by atoms with Crippen LogP contribution in [0.3, 0.4) is 0 Å². The van der Waals surface area contributed by atoms with Gasteiger partial charge in [-0.05, 0) is 42.0 Å². The van der Waals surface area contributed by atoms with Gasteiger partial charge in [0.25, 0.3) is 5.01 Å². The number of anilines is 1. The van der Waals surface area contributed by atoms with Crippen LogP contribution in [0.25, 0.3) is 16.3 Å². The molecule has 0 spiro atoms. The Labute approximate surface area is 237 Å². The van der Waals surface area contributed by atoms with Crippen molar-refractivity contribution in [2.75, 3.05) is 4.90 Å². The van der Waals surface area contributed by atoms with Gasteiger partial charge in [0.2, 0.25) is 5.52 Å². The molecule has 1 aliphatic rings. The molecule has 4 aromatic carbocycles. The Balaban J connectivity index is 1.30. The van der Waals surface area contributed by atoms with E-state index in [1.54, 1.807) is 23.1 Å². The number of benzene rings is 4. The van der Waals surface area contributed by atoms with Gasteiger partial charge in [-0.15, -0.1) is 0 Å². The van der Waals surface area contributed by atoms with Crippen molar-refractivity contribution in [2.45, 2.75) is 18.0 Å². The normalized spacial score (nSPS) is 14.4. The Morgan fingerprint density at radius 3 is 2.28 bits per heavy atom. The first-order valence-corrected chi connectivity index (χ1v) is 14.5. The van der Waals surface area contributed by atoms with E-state index in [0.29, 0.717) is 5.57 Å². The molecule has 0 amide bonds. The molecule has 190 valence electrons. The zero-order valence-electron chi connectivity index (χ0n) is 21.3. The van der Waals surface area contributed by atoms with Crippen molar-refractivity contribution in [1.82, 2.24) is 0 Å². The predicted octanol–water partition coefficient (Wildman–Crippen LogP) is 8.03. The summed E-state index contributed by atoms with van der Waals surface area (Å²) in [6.07, 6.45) is 8.89. The highest BCUT2D eigenvalue weighted by Crippen LogP contribution is 2.46. The summed E-state index contributed by atoms with van der Waals surface area (Å²) in [7, 11) is 0. The van der Waals surface area contributed by atoms with E-state index >= 15 is 0 Å². The van der Waals surface area contributed by atoms with E-state index < -0.39 is 0 Å². The molecule has 1 aromatic heterocycles. The summed E-state index contributed by atoms with van der Waals surface area (Å²) in [5.41, 5.74) is 5.51. The average Bonchev–Trinajstić information content (AvgIpc) is 3.52. The highest BCUT2D eigenvalue weighted by molar-refractivity contribution is 8.03. The number of thiazole rings is 1. The van der Waals surface area contributed by atoms with E-state index in [1.165, 1.54) is 31.9 Å². The number of hydrogen-bond acceptors (Lipinski definition) is 4. The Morgan fingerprint density at radius 1 is 0.795 bits per heavy atom. The highest BCUT2D eigenvalue weighted by Gasteiger charge is 2.24. The number of nitrogens with zero attached hydrogens (tertiary/aromatic N) is 2. The maximum atomic E-state index is 12.1. The fourth-order valence-corrected chi connectivity index (χ4v) is 6.81. The summed E-state index contributed by atoms with van der Waals surface area (Å²) in [5, 5.41) is 2.21. The van der Waals surface area contributed by atoms with E-state index in [0.717, 1.165) is 29.4 Å². The molecule has 0 radical (unpaired) electrons. The van der Waals surface area contributed by atoms with Crippen molar-refractivity contribution in [3.63, 3.8) is 0 Å². The van der Waals surface area contributed by atoms with E-state index in [2.05, 4.69) is 119 Å². The molecule has 5 heteroatoms. The Bertz CT molecular complexity index is 1700. The first-order valence-electron chi connectivity index (χ1n) is 12.9. The lowest BCUT2D eigenvalue weighted by atomic mass is 10.2. The van der Waals surface area contributed by atoms with Gasteiger partial charge < -0.3 is 4.90 Å². The van der Waals surface area contributed by atoms with Crippen molar-refractivity contribution in [1.29, 1.82) is 0 Å². The largest absolute Gasteiger partial charge is 0.331 e. The molecule has 6 rings (SSSR count). The molecule has 0 saturated heterocycles. The number of carbonyl (C=O) groups is 1. The monoisotopic (exact) mass is 543 g/mol. The van der Waals surface area contributed by atoms with Crippen LogP contribution in [0.5, 0.6) is 0 Å². The van der Waals surface area contributed by atoms with Crippen molar-refractivity contribution in [2.24, 2.45) is 0 Å². The van der Waals surface area contributed by atoms with Crippen LogP contribution in [-0.4, -0.2) is 6.29 Å². The Hall–Kier alpha value is -4.19. The van der Waals surface area contributed by atoms with Crippen molar-refractivity contribution in [3.8, 4) is 0 Å². The lowest BCUT2D eigenvalue weighted by Gasteiger charge is -2.20. The second kappa shape index (κ2) is 11.7. The predicted molar refractivity (Wildman–Crippen MR) is 164 cm³/mol. The van der Waals surface area contributed by atoms with E-state index in [4.69, 9.17) is 0 Å². The third-order valence-corrected chi connectivity index (χ3v) is 8.87. The molecule has 0 fully saturated rings. The molecule has 0 atom stereocenters. The number of carbonyl (C=O) groups excluding carboxylic acids is 1. The smallest absolute Gasteiger partial charge is 0.263 e. The van der Waals surface area contributed by atoms with Crippen LogP contribution in [-0.2, 0) is 17.9 Å². The molecule has 5 aromatic rings. The van der Waals surface area contributed by atoms with E-state index in [-0.39, 0.29) is 0 Å². The molecule has 0 N–H and O–H groups in total. The summed E-state index contributed by atoms with van der Waals surface area (Å²) >= 11 is 3.47. The Kier molecular flexibility index (Phi) is 7.52. The van der Waals surface area contributed by atoms with Crippen LogP contribution in [0.15, 0.2) is 143 Å². The van der Waals surface area contributed by atoms with Gasteiger partial charge in [-0.2, -0.15) is 4.57 Å². The maximum absolute atomic E-state index is 12.1. The van der Waals surface area contributed by atoms with Crippen LogP contribution < -0.4 is 9.47 Å². The molecular weight excluding hydrogens is 517 g/mol. The molecule has 0 unspecified atom stereocenters. The first kappa shape index (κ1) is 25.1. The molecule has 0 aliphatic carbocycles. The molecule has 39 heavy (non-hydrogen) atoms. The maximum Gasteiger partial charge on any atom is 0.263 e. The number of para-hydroxylation sites is 2. The number of aromatic nitrogens is 1. The van der Waals surface area contributed by atoms with Crippen molar-refractivity contribution >= 4 is 51.4 Å². The minimum Gasteiger partial charge on any atom is -0.331 e. The lowest BCUT2D eigenvalue weighted by molar-refractivity contribution is -0.659. The summed E-state index contributed by atoms with van der Waals surface area (Å²) < 4.78 is 3.54. The number of thioether (sulfide) groups is 1. The minimum absolute atomic E-state index is 0.627. The van der Waals surface area contributed by atoms with Gasteiger partial charge in [0.1, 0.15) is 11.0 Å². The summed E-state index contributed by atoms with van der Waals surface area (Å²) in [6, 6.07) is 37.9. The van der Waals surface area contributed by atoms with Gasteiger partial charge in [-0.3, -0.25) is 4.79 Å². The van der Waals surface area contributed by atoms with Gasteiger partial charge >= 0.3 is 0 Å². The SMILES string of the molecule is O=CC(=C\C=C1/Sc2ccccc2N1Cc1ccccc1)/C=C/c1sc2ccccc2[n+]1Cc1ccccc1. The van der Waals surface area contributed by atoms with Gasteiger partial charge in [-0.1, -0.05) is 108 Å². The van der Waals surface area contributed by atoms with Crippen LogP contribution in [0, 0.1) is 0 Å². The van der Waals surface area contributed by atoms with E-state index in [9.17, 15) is 4.79 Å². The second-order valence-electron chi connectivity index (χ2n) is 9.24. The molecule has 0 saturated carbocycles. The second-order valence-corrected chi connectivity index (χ2v) is 11.4. The van der Waals surface area contributed by atoms with Crippen LogP contribution in [0.4, 0.5) is 5.69 Å². The van der Waals surface area contributed by atoms with Crippen LogP contribution >= 0.6 is 23.1 Å². The number of hydrogen-bond donors (Lipinski definition) is 0. The molecule has 3 nitrogen and oxygen atoms in total. The third-order valence-electron chi connectivity index (χ3n) is 6.61. The minimum atomic E-state index is 0.627. The third kappa shape index (κ3) is 5.65. The zero-order valence-corrected chi connectivity index (χ0v) is 22.9. The van der Waals surface area contributed by atoms with E-state index in [1.807, 2.05) is 24.3 Å². The highest BCUT2D eigenvalue weighted by atomic mass is 32.2. The fraction of sp³-hybridized carbons (Fsp3) is 0.0588. The van der Waals surface area contributed by atoms with Gasteiger partial charge in [-0.25, -0.2) is 0 Å².